The van der Waals surface area contributed by atoms with Gasteiger partial charge in [-0.3, -0.25) is 0 Å². The van der Waals surface area contributed by atoms with Gasteiger partial charge in [-0.05, 0) is 24.0 Å². The maximum Gasteiger partial charge on any atom is -0.0238 e. The quantitative estimate of drug-likeness (QED) is 0.507. The van der Waals surface area contributed by atoms with Gasteiger partial charge in [-0.25, -0.2) is 0 Å². The summed E-state index contributed by atoms with van der Waals surface area (Å²) in [5.41, 5.74) is 2.83. The Hall–Kier alpha value is -2.02. The second-order valence-corrected chi connectivity index (χ2v) is 11.0. The van der Waals surface area contributed by atoms with Gasteiger partial charge < -0.3 is 0 Å². The van der Waals surface area contributed by atoms with Gasteiger partial charge in [0, 0.05) is 0 Å². The number of hydrogen-bond donors (Lipinski definition) is 0. The zero-order valence-electron chi connectivity index (χ0n) is 16.1. The second-order valence-electron chi connectivity index (χ2n) is 6.82. The van der Waals surface area contributed by atoms with E-state index in [1.165, 1.54) is 24.0 Å². The van der Waals surface area contributed by atoms with Crippen molar-refractivity contribution in [2.45, 2.75) is 32.6 Å². The molecule has 0 heterocycles. The first-order valence-corrected chi connectivity index (χ1v) is 12.3. The molecule has 0 fully saturated rings. The topological polar surface area (TPSA) is 0 Å². The number of rotatable bonds is 5. The third kappa shape index (κ3) is 6.27. The monoisotopic (exact) mass is 388 g/mol. The molecule has 0 aliphatic heterocycles. The molecule has 0 N–H and O–H groups in total. The normalized spacial score (nSPS) is 14.3. The fourth-order valence-corrected chi connectivity index (χ4v) is 7.17. The van der Waals surface area contributed by atoms with E-state index in [-0.39, 0.29) is 0 Å². The third-order valence-corrected chi connectivity index (χ3v) is 9.13. The van der Waals surface area contributed by atoms with Crippen molar-refractivity contribution >= 4 is 4.31 Å². The zero-order valence-corrected chi connectivity index (χ0v) is 17.7. The van der Waals surface area contributed by atoms with Crippen molar-refractivity contribution in [3.63, 3.8) is 0 Å². The SMILES string of the molecule is C[CH]=[Ti]([C]1=CC=CC1)[C]1=CC=CC1.c1ccc(CCc2ccccc2)cc1. The molecule has 27 heavy (non-hydrogen) atoms. The van der Waals surface area contributed by atoms with Gasteiger partial charge in [-0.15, -0.1) is 0 Å². The van der Waals surface area contributed by atoms with Gasteiger partial charge in [0.25, 0.3) is 0 Å². The molecule has 0 atom stereocenters. The maximum atomic E-state index is 2.47. The molecule has 2 aromatic rings. The molecule has 0 saturated carbocycles. The van der Waals surface area contributed by atoms with Crippen LogP contribution in [0.25, 0.3) is 0 Å². The Labute approximate surface area is 170 Å². The first kappa shape index (κ1) is 19.7. The first-order chi connectivity index (χ1) is 13.4. The van der Waals surface area contributed by atoms with Gasteiger partial charge in [0.2, 0.25) is 0 Å². The molecule has 0 bridgehead atoms. The van der Waals surface area contributed by atoms with Crippen molar-refractivity contribution in [1.29, 1.82) is 0 Å². The number of benzene rings is 2. The van der Waals surface area contributed by atoms with Gasteiger partial charge >= 0.3 is 85.7 Å². The molecule has 2 aromatic carbocycles. The van der Waals surface area contributed by atoms with E-state index >= 15 is 0 Å². The van der Waals surface area contributed by atoms with E-state index in [1.54, 1.807) is 7.76 Å². The largest absolute Gasteiger partial charge is 0.0622 e. The summed E-state index contributed by atoms with van der Waals surface area (Å²) in [6.45, 7) is 2.23. The Kier molecular flexibility index (Phi) is 8.02. The smallest absolute Gasteiger partial charge is 0.0238 e. The molecule has 2 aliphatic carbocycles. The van der Waals surface area contributed by atoms with Gasteiger partial charge in [0.15, 0.2) is 0 Å². The third-order valence-electron chi connectivity index (χ3n) is 4.91. The maximum absolute atomic E-state index is 2.47. The minimum atomic E-state index is -1.13. The summed E-state index contributed by atoms with van der Waals surface area (Å²) >= 11 is -1.13. The van der Waals surface area contributed by atoms with Crippen LogP contribution in [0.15, 0.2) is 105 Å². The van der Waals surface area contributed by atoms with Gasteiger partial charge in [0.05, 0.1) is 0 Å². The van der Waals surface area contributed by atoms with E-state index in [0.717, 1.165) is 12.8 Å². The zero-order chi connectivity index (χ0) is 18.7. The summed E-state index contributed by atoms with van der Waals surface area (Å²) in [6, 6.07) is 21.2. The fraction of sp³-hybridized carbons (Fsp3) is 0.192. The molecule has 0 spiro atoms. The molecule has 0 radical (unpaired) electrons. The van der Waals surface area contributed by atoms with E-state index < -0.39 is 17.4 Å². The van der Waals surface area contributed by atoms with Crippen molar-refractivity contribution in [2.24, 2.45) is 0 Å². The van der Waals surface area contributed by atoms with Crippen LogP contribution in [0.5, 0.6) is 0 Å². The van der Waals surface area contributed by atoms with Crippen molar-refractivity contribution in [3.05, 3.63) is 116 Å². The van der Waals surface area contributed by atoms with Gasteiger partial charge in [0.1, 0.15) is 0 Å². The predicted octanol–water partition coefficient (Wildman–Crippen LogP) is 6.59. The molecular formula is C26H28Ti. The Morgan fingerprint density at radius 1 is 0.704 bits per heavy atom. The van der Waals surface area contributed by atoms with Crippen LogP contribution in [0.4, 0.5) is 0 Å². The molecule has 0 saturated heterocycles. The van der Waals surface area contributed by atoms with Gasteiger partial charge in [-0.1, -0.05) is 60.7 Å². The van der Waals surface area contributed by atoms with Crippen LogP contribution in [0.1, 0.15) is 30.9 Å². The van der Waals surface area contributed by atoms with E-state index in [4.69, 9.17) is 0 Å². The summed E-state index contributed by atoms with van der Waals surface area (Å²) in [7, 11) is 0. The average molecular weight is 388 g/mol. The average Bonchev–Trinajstić information content (AvgIpc) is 3.44. The molecule has 2 aliphatic rings. The molecular weight excluding hydrogens is 360 g/mol. The minimum absolute atomic E-state index is 1.13. The molecule has 136 valence electrons. The standard InChI is InChI=1S/C14H14.2C5H5.C2H4.Ti/c1-3-7-13(8-4-1)11-12-14-9-5-2-6-10-14;2*1-2-4-5-3-1;1-2;/h1-10H,11-12H2;2*1-3H,4H2;1H,2H3;. The fourth-order valence-electron chi connectivity index (χ4n) is 3.45. The van der Waals surface area contributed by atoms with Crippen LogP contribution in [-0.2, 0) is 30.2 Å². The number of aryl methyl sites for hydroxylation is 2. The molecule has 0 aromatic heterocycles. The van der Waals surface area contributed by atoms with E-state index in [1.807, 2.05) is 0 Å². The Morgan fingerprint density at radius 3 is 1.48 bits per heavy atom. The van der Waals surface area contributed by atoms with E-state index in [2.05, 4.69) is 108 Å². The van der Waals surface area contributed by atoms with Crippen LogP contribution in [0.2, 0.25) is 0 Å². The molecule has 1 heteroatoms. The molecule has 0 nitrogen and oxygen atoms in total. The van der Waals surface area contributed by atoms with E-state index in [9.17, 15) is 0 Å². The molecule has 0 amide bonds. The van der Waals surface area contributed by atoms with Crippen LogP contribution in [0, 0.1) is 0 Å². The Balaban J connectivity index is 0.000000156. The summed E-state index contributed by atoms with van der Waals surface area (Å²) < 4.78 is 5.88. The second kappa shape index (κ2) is 11.0. The van der Waals surface area contributed by atoms with Gasteiger partial charge in [-0.2, -0.15) is 0 Å². The van der Waals surface area contributed by atoms with Crippen molar-refractivity contribution in [1.82, 2.24) is 0 Å². The van der Waals surface area contributed by atoms with Crippen molar-refractivity contribution in [3.8, 4) is 0 Å². The predicted molar refractivity (Wildman–Crippen MR) is 116 cm³/mol. The van der Waals surface area contributed by atoms with Crippen LogP contribution in [0.3, 0.4) is 0 Å². The Morgan fingerprint density at radius 2 is 1.15 bits per heavy atom. The van der Waals surface area contributed by atoms with Crippen LogP contribution in [-0.4, -0.2) is 4.31 Å². The summed E-state index contributed by atoms with van der Waals surface area (Å²) in [5.74, 6) is 0. The van der Waals surface area contributed by atoms with Crippen molar-refractivity contribution < 1.29 is 17.4 Å². The molecule has 4 rings (SSSR count). The summed E-state index contributed by atoms with van der Waals surface area (Å²) in [6.07, 6.45) is 18.3. The molecule has 0 unspecified atom stereocenters. The Bertz CT molecular complexity index is 793. The first-order valence-electron chi connectivity index (χ1n) is 9.83. The number of hydrogen-bond acceptors (Lipinski definition) is 0. The van der Waals surface area contributed by atoms with Crippen LogP contribution >= 0.6 is 0 Å². The van der Waals surface area contributed by atoms with E-state index in [0.29, 0.717) is 0 Å². The summed E-state index contributed by atoms with van der Waals surface area (Å²) in [5, 5.41) is 0. The van der Waals surface area contributed by atoms with Crippen LogP contribution < -0.4 is 0 Å². The summed E-state index contributed by atoms with van der Waals surface area (Å²) in [4.78, 5) is 0. The minimum Gasteiger partial charge on any atom is -0.0622 e. The number of allylic oxidation sites excluding steroid dienone is 8. The van der Waals surface area contributed by atoms with Crippen molar-refractivity contribution in [2.75, 3.05) is 0 Å².